The van der Waals surface area contributed by atoms with Crippen molar-refractivity contribution in [2.45, 2.75) is 39.0 Å². The van der Waals surface area contributed by atoms with Crippen molar-refractivity contribution in [3.05, 3.63) is 77.4 Å². The molecule has 0 fully saturated rings. The lowest BCUT2D eigenvalue weighted by Gasteiger charge is -2.13. The molecule has 3 aromatic carbocycles. The summed E-state index contributed by atoms with van der Waals surface area (Å²) in [7, 11) is 0. The van der Waals surface area contributed by atoms with Crippen molar-refractivity contribution >= 4 is 0 Å². The van der Waals surface area contributed by atoms with Crippen molar-refractivity contribution in [3.8, 4) is 28.0 Å². The Labute approximate surface area is 182 Å². The standard InChI is InChI=1S/C25H22F6O/c1-2-3-4-5-15-6-8-16(9-7-15)17-10-11-18(23(29)22(17)28)19-12-13-20(25(31)24(19)30)32-14-21(26)27/h6-13,21H,2-5,14H2,1H3. The summed E-state index contributed by atoms with van der Waals surface area (Å²) in [4.78, 5) is 0. The molecule has 0 aliphatic rings. The van der Waals surface area contributed by atoms with Crippen LogP contribution in [0.15, 0.2) is 48.5 Å². The van der Waals surface area contributed by atoms with Gasteiger partial charge in [-0.3, -0.25) is 0 Å². The summed E-state index contributed by atoms with van der Waals surface area (Å²) in [6.07, 6.45) is 1.28. The van der Waals surface area contributed by atoms with Gasteiger partial charge in [-0.05, 0) is 36.1 Å². The van der Waals surface area contributed by atoms with Gasteiger partial charge in [0.2, 0.25) is 5.82 Å². The number of alkyl halides is 2. The van der Waals surface area contributed by atoms with Crippen LogP contribution in [0.25, 0.3) is 22.3 Å². The van der Waals surface area contributed by atoms with Gasteiger partial charge in [-0.1, -0.05) is 56.2 Å². The molecule has 0 aromatic heterocycles. The smallest absolute Gasteiger partial charge is 0.272 e. The van der Waals surface area contributed by atoms with E-state index in [1.807, 2.05) is 12.1 Å². The number of hydrogen-bond acceptors (Lipinski definition) is 1. The van der Waals surface area contributed by atoms with Crippen LogP contribution < -0.4 is 4.74 Å². The van der Waals surface area contributed by atoms with Crippen LogP contribution in [0.4, 0.5) is 26.3 Å². The molecule has 170 valence electrons. The average Bonchev–Trinajstić information content (AvgIpc) is 2.78. The molecule has 0 saturated heterocycles. The van der Waals surface area contributed by atoms with E-state index in [1.54, 1.807) is 12.1 Å². The van der Waals surface area contributed by atoms with Gasteiger partial charge in [0.05, 0.1) is 0 Å². The summed E-state index contributed by atoms with van der Waals surface area (Å²) < 4.78 is 87.2. The van der Waals surface area contributed by atoms with Gasteiger partial charge in [0.25, 0.3) is 6.43 Å². The molecule has 0 bridgehead atoms. The van der Waals surface area contributed by atoms with Crippen molar-refractivity contribution in [1.82, 2.24) is 0 Å². The highest BCUT2D eigenvalue weighted by Gasteiger charge is 2.22. The number of aryl methyl sites for hydroxylation is 1. The van der Waals surface area contributed by atoms with Crippen LogP contribution in [0.2, 0.25) is 0 Å². The molecule has 3 aromatic rings. The molecule has 0 aliphatic carbocycles. The maximum absolute atomic E-state index is 14.8. The van der Waals surface area contributed by atoms with Crippen molar-refractivity contribution in [3.63, 3.8) is 0 Å². The highest BCUT2D eigenvalue weighted by Crippen LogP contribution is 2.35. The van der Waals surface area contributed by atoms with Gasteiger partial charge < -0.3 is 4.74 Å². The quantitative estimate of drug-likeness (QED) is 0.236. The van der Waals surface area contributed by atoms with Crippen molar-refractivity contribution in [2.24, 2.45) is 0 Å². The molecule has 0 amide bonds. The second-order valence-corrected chi connectivity index (χ2v) is 7.38. The Bertz CT molecular complexity index is 1060. The largest absolute Gasteiger partial charge is 0.484 e. The fraction of sp³-hybridized carbons (Fsp3) is 0.280. The van der Waals surface area contributed by atoms with Gasteiger partial charge in [0.1, 0.15) is 6.61 Å². The summed E-state index contributed by atoms with van der Waals surface area (Å²) in [6, 6.07) is 11.4. The van der Waals surface area contributed by atoms with Gasteiger partial charge in [0.15, 0.2) is 23.2 Å². The Morgan fingerprint density at radius 1 is 0.688 bits per heavy atom. The average molecular weight is 452 g/mol. The zero-order chi connectivity index (χ0) is 23.3. The molecule has 0 N–H and O–H groups in total. The van der Waals surface area contributed by atoms with Crippen LogP contribution in [0.5, 0.6) is 5.75 Å². The molecule has 0 aliphatic heterocycles. The number of hydrogen-bond donors (Lipinski definition) is 0. The molecule has 0 saturated carbocycles. The first-order chi connectivity index (χ1) is 15.3. The zero-order valence-corrected chi connectivity index (χ0v) is 17.4. The number of ether oxygens (including phenoxy) is 1. The molecule has 0 unspecified atom stereocenters. The van der Waals surface area contributed by atoms with Crippen LogP contribution in [0.1, 0.15) is 31.7 Å². The minimum Gasteiger partial charge on any atom is -0.484 e. The molecule has 3 rings (SSSR count). The lowest BCUT2D eigenvalue weighted by molar-refractivity contribution is 0.0795. The third-order valence-electron chi connectivity index (χ3n) is 5.12. The van der Waals surface area contributed by atoms with Crippen molar-refractivity contribution < 1.29 is 31.1 Å². The minimum atomic E-state index is -2.87. The van der Waals surface area contributed by atoms with Gasteiger partial charge >= 0.3 is 0 Å². The molecular weight excluding hydrogens is 430 g/mol. The molecular formula is C25H22F6O. The summed E-state index contributed by atoms with van der Waals surface area (Å²) in [6.45, 7) is 0.991. The first-order valence-electron chi connectivity index (χ1n) is 10.3. The molecule has 0 heterocycles. The zero-order valence-electron chi connectivity index (χ0n) is 17.4. The van der Waals surface area contributed by atoms with E-state index < -0.39 is 53.2 Å². The number of rotatable bonds is 9. The van der Waals surface area contributed by atoms with E-state index in [-0.39, 0.29) is 5.56 Å². The van der Waals surface area contributed by atoms with E-state index in [2.05, 4.69) is 11.7 Å². The minimum absolute atomic E-state index is 0.0101. The molecule has 0 atom stereocenters. The SMILES string of the molecule is CCCCCc1ccc(-c2ccc(-c3ccc(OCC(F)F)c(F)c3F)c(F)c2F)cc1. The first kappa shape index (κ1) is 23.7. The van der Waals surface area contributed by atoms with Gasteiger partial charge in [-0.15, -0.1) is 0 Å². The van der Waals surface area contributed by atoms with E-state index in [0.717, 1.165) is 49.4 Å². The predicted molar refractivity (Wildman–Crippen MR) is 112 cm³/mol. The second-order valence-electron chi connectivity index (χ2n) is 7.38. The van der Waals surface area contributed by atoms with Crippen LogP contribution >= 0.6 is 0 Å². The van der Waals surface area contributed by atoms with Crippen molar-refractivity contribution in [1.29, 1.82) is 0 Å². The van der Waals surface area contributed by atoms with Crippen LogP contribution in [-0.4, -0.2) is 13.0 Å². The topological polar surface area (TPSA) is 9.23 Å². The third-order valence-corrected chi connectivity index (χ3v) is 5.12. The monoisotopic (exact) mass is 452 g/mol. The van der Waals surface area contributed by atoms with Crippen LogP contribution in [0.3, 0.4) is 0 Å². The maximum atomic E-state index is 14.8. The molecule has 0 radical (unpaired) electrons. The Balaban J connectivity index is 1.88. The third kappa shape index (κ3) is 5.26. The van der Waals surface area contributed by atoms with Gasteiger partial charge in [0, 0.05) is 16.7 Å². The van der Waals surface area contributed by atoms with E-state index in [9.17, 15) is 26.3 Å². The number of halogens is 6. The van der Waals surface area contributed by atoms with Crippen molar-refractivity contribution in [2.75, 3.05) is 6.61 Å². The van der Waals surface area contributed by atoms with E-state index in [4.69, 9.17) is 0 Å². The number of benzene rings is 3. The Kier molecular flexibility index (Phi) is 7.83. The molecule has 0 spiro atoms. The second kappa shape index (κ2) is 10.6. The summed E-state index contributed by atoms with van der Waals surface area (Å²) in [5, 5.41) is 0. The van der Waals surface area contributed by atoms with Gasteiger partial charge in [-0.2, -0.15) is 4.39 Å². The van der Waals surface area contributed by atoms with E-state index in [1.165, 1.54) is 6.07 Å². The maximum Gasteiger partial charge on any atom is 0.272 e. The molecule has 1 nitrogen and oxygen atoms in total. The highest BCUT2D eigenvalue weighted by molar-refractivity contribution is 5.72. The molecule has 32 heavy (non-hydrogen) atoms. The molecule has 7 heteroatoms. The fourth-order valence-electron chi connectivity index (χ4n) is 3.41. The predicted octanol–water partition coefficient (Wildman–Crippen LogP) is 7.95. The van der Waals surface area contributed by atoms with E-state index in [0.29, 0.717) is 5.56 Å². The number of unbranched alkanes of at least 4 members (excludes halogenated alkanes) is 2. The lowest BCUT2D eigenvalue weighted by Crippen LogP contribution is -2.09. The lowest BCUT2D eigenvalue weighted by atomic mass is 9.97. The highest BCUT2D eigenvalue weighted by atomic mass is 19.3. The Morgan fingerprint density at radius 2 is 1.25 bits per heavy atom. The van der Waals surface area contributed by atoms with Crippen LogP contribution in [-0.2, 0) is 6.42 Å². The Morgan fingerprint density at radius 3 is 1.88 bits per heavy atom. The van der Waals surface area contributed by atoms with Crippen LogP contribution in [0, 0.1) is 23.3 Å². The van der Waals surface area contributed by atoms with E-state index >= 15 is 0 Å². The Hall–Kier alpha value is -2.96. The van der Waals surface area contributed by atoms with Gasteiger partial charge in [-0.25, -0.2) is 22.0 Å². The summed E-state index contributed by atoms with van der Waals surface area (Å²) in [5.41, 5.74) is 0.505. The normalized spacial score (nSPS) is 11.2. The first-order valence-corrected chi connectivity index (χ1v) is 10.3. The summed E-state index contributed by atoms with van der Waals surface area (Å²) in [5.74, 6) is -6.33. The summed E-state index contributed by atoms with van der Waals surface area (Å²) >= 11 is 0. The fourth-order valence-corrected chi connectivity index (χ4v) is 3.41.